The van der Waals surface area contributed by atoms with Gasteiger partial charge in [-0.3, -0.25) is 14.2 Å². The lowest BCUT2D eigenvalue weighted by Gasteiger charge is -2.10. The molecule has 0 spiro atoms. The molecular formula is C19H19N5O2. The Morgan fingerprint density at radius 2 is 1.85 bits per heavy atom. The molecule has 0 radical (unpaired) electrons. The van der Waals surface area contributed by atoms with E-state index < -0.39 is 0 Å². The maximum Gasteiger partial charge on any atom is 0.251 e. The molecular weight excluding hydrogens is 330 g/mol. The third kappa shape index (κ3) is 4.32. The fourth-order valence-electron chi connectivity index (χ4n) is 2.46. The smallest absolute Gasteiger partial charge is 0.251 e. The number of rotatable bonds is 6. The molecule has 0 fully saturated rings. The quantitative estimate of drug-likeness (QED) is 0.711. The summed E-state index contributed by atoms with van der Waals surface area (Å²) in [4.78, 5) is 31.7. The molecule has 0 saturated carbocycles. The number of hydrogen-bond acceptors (Lipinski definition) is 4. The number of pyridine rings is 1. The van der Waals surface area contributed by atoms with Crippen molar-refractivity contribution >= 4 is 11.8 Å². The van der Waals surface area contributed by atoms with Gasteiger partial charge in [-0.25, -0.2) is 9.97 Å². The molecule has 0 aliphatic heterocycles. The molecule has 0 aliphatic rings. The van der Waals surface area contributed by atoms with Crippen molar-refractivity contribution < 1.29 is 9.59 Å². The van der Waals surface area contributed by atoms with Gasteiger partial charge >= 0.3 is 0 Å². The molecule has 0 aliphatic carbocycles. The Kier molecular flexibility index (Phi) is 5.38. The van der Waals surface area contributed by atoms with Gasteiger partial charge in [0, 0.05) is 49.7 Å². The Bertz CT molecular complexity index is 889. The van der Waals surface area contributed by atoms with Crippen molar-refractivity contribution in [2.24, 2.45) is 0 Å². The molecule has 2 aromatic heterocycles. The van der Waals surface area contributed by atoms with E-state index in [9.17, 15) is 9.59 Å². The lowest BCUT2D eigenvalue weighted by atomic mass is 10.1. The van der Waals surface area contributed by atoms with Crippen LogP contribution in [0.15, 0.2) is 61.3 Å². The molecule has 26 heavy (non-hydrogen) atoms. The van der Waals surface area contributed by atoms with Crippen molar-refractivity contribution in [1.29, 1.82) is 0 Å². The molecule has 0 saturated heterocycles. The first-order valence-electron chi connectivity index (χ1n) is 8.17. The molecule has 7 heteroatoms. The SMILES string of the molecule is CC(=O)NCc1ccc(C(=O)NCc2cccnc2-n2ccnc2)cc1. The van der Waals surface area contributed by atoms with Gasteiger partial charge in [0.25, 0.3) is 5.91 Å². The van der Waals surface area contributed by atoms with E-state index in [4.69, 9.17) is 0 Å². The maximum absolute atomic E-state index is 12.4. The minimum absolute atomic E-state index is 0.0861. The number of hydrogen-bond donors (Lipinski definition) is 2. The van der Waals surface area contributed by atoms with Crippen LogP contribution in [-0.4, -0.2) is 26.3 Å². The fraction of sp³-hybridized carbons (Fsp3) is 0.158. The largest absolute Gasteiger partial charge is 0.352 e. The normalized spacial score (nSPS) is 10.3. The summed E-state index contributed by atoms with van der Waals surface area (Å²) in [5.74, 6) is 0.476. The lowest BCUT2D eigenvalue weighted by molar-refractivity contribution is -0.119. The van der Waals surface area contributed by atoms with E-state index in [1.165, 1.54) is 6.92 Å². The first-order chi connectivity index (χ1) is 12.6. The summed E-state index contributed by atoms with van der Waals surface area (Å²) in [7, 11) is 0. The summed E-state index contributed by atoms with van der Waals surface area (Å²) >= 11 is 0. The molecule has 2 N–H and O–H groups in total. The van der Waals surface area contributed by atoms with Crippen LogP contribution in [0.2, 0.25) is 0 Å². The van der Waals surface area contributed by atoms with Crippen LogP contribution in [0.25, 0.3) is 5.82 Å². The highest BCUT2D eigenvalue weighted by atomic mass is 16.2. The van der Waals surface area contributed by atoms with E-state index in [0.717, 1.165) is 16.9 Å². The topological polar surface area (TPSA) is 88.9 Å². The zero-order valence-electron chi connectivity index (χ0n) is 14.3. The average molecular weight is 349 g/mol. The van der Waals surface area contributed by atoms with E-state index in [0.29, 0.717) is 18.7 Å². The minimum atomic E-state index is -0.170. The highest BCUT2D eigenvalue weighted by Gasteiger charge is 2.09. The monoisotopic (exact) mass is 349 g/mol. The number of carbonyl (C=O) groups excluding carboxylic acids is 2. The molecule has 7 nitrogen and oxygen atoms in total. The third-order valence-corrected chi connectivity index (χ3v) is 3.81. The van der Waals surface area contributed by atoms with Crippen LogP contribution in [0.1, 0.15) is 28.4 Å². The summed E-state index contributed by atoms with van der Waals surface area (Å²) in [6.07, 6.45) is 6.86. The van der Waals surface area contributed by atoms with Crippen LogP contribution in [0, 0.1) is 0 Å². The molecule has 3 rings (SSSR count). The van der Waals surface area contributed by atoms with Gasteiger partial charge in [-0.1, -0.05) is 18.2 Å². The van der Waals surface area contributed by atoms with Gasteiger partial charge in [-0.15, -0.1) is 0 Å². The summed E-state index contributed by atoms with van der Waals surface area (Å²) in [6, 6.07) is 10.9. The Labute approximate surface area is 151 Å². The average Bonchev–Trinajstić information content (AvgIpc) is 3.19. The standard InChI is InChI=1S/C19H19N5O2/c1-14(25)22-11-15-4-6-16(7-5-15)19(26)23-12-17-3-2-8-21-18(17)24-10-9-20-13-24/h2-10,13H,11-12H2,1H3,(H,22,25)(H,23,26). The van der Waals surface area contributed by atoms with E-state index in [1.807, 2.05) is 30.5 Å². The maximum atomic E-state index is 12.4. The number of imidazole rings is 1. The zero-order valence-corrected chi connectivity index (χ0v) is 14.3. The number of nitrogens with one attached hydrogen (secondary N) is 2. The first kappa shape index (κ1) is 17.3. The molecule has 2 heterocycles. The molecule has 132 valence electrons. The highest BCUT2D eigenvalue weighted by Crippen LogP contribution is 2.11. The van der Waals surface area contributed by atoms with Gasteiger partial charge in [-0.2, -0.15) is 0 Å². The number of nitrogens with zero attached hydrogens (tertiary/aromatic N) is 3. The molecule has 0 bridgehead atoms. The second kappa shape index (κ2) is 8.06. The van der Waals surface area contributed by atoms with Gasteiger partial charge in [0.15, 0.2) is 0 Å². The van der Waals surface area contributed by atoms with Gasteiger partial charge < -0.3 is 10.6 Å². The second-order valence-corrected chi connectivity index (χ2v) is 5.75. The van der Waals surface area contributed by atoms with Crippen molar-refractivity contribution in [2.75, 3.05) is 0 Å². The van der Waals surface area contributed by atoms with Crippen LogP contribution in [0.3, 0.4) is 0 Å². The van der Waals surface area contributed by atoms with Crippen molar-refractivity contribution in [3.05, 3.63) is 78.0 Å². The number of carbonyl (C=O) groups is 2. The fourth-order valence-corrected chi connectivity index (χ4v) is 2.46. The Morgan fingerprint density at radius 3 is 2.54 bits per heavy atom. The van der Waals surface area contributed by atoms with E-state index >= 15 is 0 Å². The Balaban J connectivity index is 1.64. The van der Waals surface area contributed by atoms with Crippen LogP contribution < -0.4 is 10.6 Å². The first-order valence-corrected chi connectivity index (χ1v) is 8.17. The molecule has 0 atom stereocenters. The Morgan fingerprint density at radius 1 is 1.04 bits per heavy atom. The molecule has 2 amide bonds. The zero-order chi connectivity index (χ0) is 18.4. The van der Waals surface area contributed by atoms with Crippen LogP contribution in [0.4, 0.5) is 0 Å². The number of amides is 2. The van der Waals surface area contributed by atoms with Gasteiger partial charge in [0.1, 0.15) is 12.1 Å². The van der Waals surface area contributed by atoms with E-state index in [-0.39, 0.29) is 11.8 Å². The van der Waals surface area contributed by atoms with Crippen molar-refractivity contribution in [3.63, 3.8) is 0 Å². The van der Waals surface area contributed by atoms with Gasteiger partial charge in [0.05, 0.1) is 0 Å². The van der Waals surface area contributed by atoms with Crippen LogP contribution >= 0.6 is 0 Å². The van der Waals surface area contributed by atoms with Crippen molar-refractivity contribution in [3.8, 4) is 5.82 Å². The van der Waals surface area contributed by atoms with Crippen molar-refractivity contribution in [1.82, 2.24) is 25.2 Å². The second-order valence-electron chi connectivity index (χ2n) is 5.75. The summed E-state index contributed by atoms with van der Waals surface area (Å²) in [5, 5.41) is 5.63. The predicted molar refractivity (Wildman–Crippen MR) is 96.5 cm³/mol. The van der Waals surface area contributed by atoms with E-state index in [1.54, 1.807) is 35.4 Å². The van der Waals surface area contributed by atoms with Gasteiger partial charge in [0.2, 0.25) is 5.91 Å². The van der Waals surface area contributed by atoms with Crippen LogP contribution in [0.5, 0.6) is 0 Å². The summed E-state index contributed by atoms with van der Waals surface area (Å²) in [6.45, 7) is 2.27. The number of benzene rings is 1. The minimum Gasteiger partial charge on any atom is -0.352 e. The van der Waals surface area contributed by atoms with E-state index in [2.05, 4.69) is 20.6 Å². The van der Waals surface area contributed by atoms with Crippen molar-refractivity contribution in [2.45, 2.75) is 20.0 Å². The molecule has 3 aromatic rings. The highest BCUT2D eigenvalue weighted by molar-refractivity contribution is 5.94. The van der Waals surface area contributed by atoms with Gasteiger partial charge in [-0.05, 0) is 23.8 Å². The lowest BCUT2D eigenvalue weighted by Crippen LogP contribution is -2.24. The number of aromatic nitrogens is 3. The molecule has 1 aromatic carbocycles. The summed E-state index contributed by atoms with van der Waals surface area (Å²) in [5.41, 5.74) is 2.39. The molecule has 0 unspecified atom stereocenters. The third-order valence-electron chi connectivity index (χ3n) is 3.81. The van der Waals surface area contributed by atoms with Crippen LogP contribution in [-0.2, 0) is 17.9 Å². The predicted octanol–water partition coefficient (Wildman–Crippen LogP) is 1.83. The summed E-state index contributed by atoms with van der Waals surface area (Å²) < 4.78 is 1.80. The Hall–Kier alpha value is -3.48.